The molecule has 1 fully saturated rings. The quantitative estimate of drug-likeness (QED) is 0.482. The summed E-state index contributed by atoms with van der Waals surface area (Å²) in [6, 6.07) is 8.76. The van der Waals surface area contributed by atoms with Gasteiger partial charge in [0, 0.05) is 6.54 Å². The zero-order chi connectivity index (χ0) is 15.1. The number of amides is 1. The van der Waals surface area contributed by atoms with Crippen LogP contribution in [0.25, 0.3) is 5.53 Å². The maximum absolute atomic E-state index is 12.1. The molecule has 1 aliphatic rings. The van der Waals surface area contributed by atoms with E-state index < -0.39 is 12.1 Å². The molecule has 1 aromatic carbocycles. The van der Waals surface area contributed by atoms with E-state index in [1.165, 1.54) is 4.90 Å². The molecule has 1 amide bonds. The van der Waals surface area contributed by atoms with Crippen LogP contribution in [-0.4, -0.2) is 40.4 Å². The summed E-state index contributed by atoms with van der Waals surface area (Å²) in [5, 5.41) is 0. The highest BCUT2D eigenvalue weighted by Gasteiger charge is 2.33. The molecule has 0 bridgehead atoms. The van der Waals surface area contributed by atoms with Gasteiger partial charge in [-0.3, -0.25) is 9.69 Å². The van der Waals surface area contributed by atoms with Crippen LogP contribution in [0.5, 0.6) is 0 Å². The average molecular weight is 287 g/mol. The molecule has 0 radical (unpaired) electrons. The molecule has 2 rings (SSSR count). The van der Waals surface area contributed by atoms with Gasteiger partial charge in [-0.25, -0.2) is 4.79 Å². The Hall–Kier alpha value is -2.46. The zero-order valence-corrected chi connectivity index (χ0v) is 11.6. The van der Waals surface area contributed by atoms with Gasteiger partial charge >= 0.3 is 12.3 Å². The molecule has 1 unspecified atom stereocenters. The Balaban J connectivity index is 1.98. The third kappa shape index (κ3) is 4.00. The topological polar surface area (TPSA) is 83.0 Å². The van der Waals surface area contributed by atoms with E-state index in [1.54, 1.807) is 0 Å². The number of ketones is 1. The molecule has 0 saturated carbocycles. The van der Waals surface area contributed by atoms with E-state index >= 15 is 0 Å². The number of piperidine rings is 1. The summed E-state index contributed by atoms with van der Waals surface area (Å²) in [6.45, 7) is 0.647. The lowest BCUT2D eigenvalue weighted by atomic mass is 9.99. The van der Waals surface area contributed by atoms with Crippen LogP contribution in [0.3, 0.4) is 0 Å². The SMILES string of the molecule is [N-]=[N+]=CC(=O)C1CCCCN1C(=O)OCc1ccccc1. The van der Waals surface area contributed by atoms with E-state index in [1.807, 2.05) is 30.3 Å². The molecular formula is C15H17N3O3. The number of nitrogens with zero attached hydrogens (tertiary/aromatic N) is 3. The molecule has 21 heavy (non-hydrogen) atoms. The van der Waals surface area contributed by atoms with Crippen molar-refractivity contribution in [3.8, 4) is 0 Å². The van der Waals surface area contributed by atoms with Crippen LogP contribution in [0.2, 0.25) is 0 Å². The highest BCUT2D eigenvalue weighted by Crippen LogP contribution is 2.18. The van der Waals surface area contributed by atoms with Crippen molar-refractivity contribution in [2.45, 2.75) is 31.9 Å². The fraction of sp³-hybridized carbons (Fsp3) is 0.400. The number of ether oxygens (including phenoxy) is 1. The molecule has 6 nitrogen and oxygen atoms in total. The minimum atomic E-state index is -0.599. The maximum Gasteiger partial charge on any atom is 0.410 e. The third-order valence-corrected chi connectivity index (χ3v) is 3.46. The summed E-state index contributed by atoms with van der Waals surface area (Å²) in [5.74, 6) is -0.381. The zero-order valence-electron chi connectivity index (χ0n) is 11.6. The van der Waals surface area contributed by atoms with Gasteiger partial charge in [-0.2, -0.15) is 4.79 Å². The first-order valence-electron chi connectivity index (χ1n) is 6.91. The molecular weight excluding hydrogens is 270 g/mol. The van der Waals surface area contributed by atoms with E-state index in [-0.39, 0.29) is 12.4 Å². The van der Waals surface area contributed by atoms with Crippen LogP contribution < -0.4 is 0 Å². The normalized spacial score (nSPS) is 17.7. The number of rotatable bonds is 4. The van der Waals surface area contributed by atoms with Crippen molar-refractivity contribution >= 4 is 18.1 Å². The van der Waals surface area contributed by atoms with Gasteiger partial charge in [-0.05, 0) is 24.8 Å². The van der Waals surface area contributed by atoms with Gasteiger partial charge in [0.25, 0.3) is 5.78 Å². The average Bonchev–Trinajstić information content (AvgIpc) is 2.54. The molecule has 1 aliphatic heterocycles. The van der Waals surface area contributed by atoms with Crippen molar-refractivity contribution in [1.82, 2.24) is 4.90 Å². The Morgan fingerprint density at radius 1 is 1.33 bits per heavy atom. The van der Waals surface area contributed by atoms with Crippen LogP contribution >= 0.6 is 0 Å². The van der Waals surface area contributed by atoms with Crippen LogP contribution in [0, 0.1) is 0 Å². The molecule has 1 saturated heterocycles. The Morgan fingerprint density at radius 2 is 2.10 bits per heavy atom. The van der Waals surface area contributed by atoms with Crippen LogP contribution in [-0.2, 0) is 16.1 Å². The van der Waals surface area contributed by atoms with Crippen LogP contribution in [0.15, 0.2) is 30.3 Å². The molecule has 0 spiro atoms. The summed E-state index contributed by atoms with van der Waals surface area (Å²) in [4.78, 5) is 28.1. The van der Waals surface area contributed by atoms with Crippen molar-refractivity contribution in [3.05, 3.63) is 41.4 Å². The Kier molecular flexibility index (Phi) is 5.23. The lowest BCUT2D eigenvalue weighted by molar-refractivity contribution is -0.121. The van der Waals surface area contributed by atoms with E-state index in [2.05, 4.69) is 4.79 Å². The minimum absolute atomic E-state index is 0.172. The number of carbonyl (C=O) groups is 2. The number of hydrogen-bond acceptors (Lipinski definition) is 3. The van der Waals surface area contributed by atoms with E-state index in [0.717, 1.165) is 24.6 Å². The van der Waals surface area contributed by atoms with Crippen molar-refractivity contribution in [2.24, 2.45) is 0 Å². The van der Waals surface area contributed by atoms with Crippen molar-refractivity contribution < 1.29 is 19.1 Å². The number of carbonyl (C=O) groups excluding carboxylic acids is 2. The second-order valence-corrected chi connectivity index (χ2v) is 4.89. The number of hydrogen-bond donors (Lipinski definition) is 0. The van der Waals surface area contributed by atoms with Gasteiger partial charge in [0.05, 0.1) is 0 Å². The summed E-state index contributed by atoms with van der Waals surface area (Å²) >= 11 is 0. The van der Waals surface area contributed by atoms with E-state index in [0.29, 0.717) is 13.0 Å². The molecule has 0 N–H and O–H groups in total. The fourth-order valence-corrected chi connectivity index (χ4v) is 2.39. The van der Waals surface area contributed by atoms with Gasteiger partial charge in [-0.1, -0.05) is 30.3 Å². The fourth-order valence-electron chi connectivity index (χ4n) is 2.39. The van der Waals surface area contributed by atoms with Crippen molar-refractivity contribution in [2.75, 3.05) is 6.54 Å². The predicted molar refractivity (Wildman–Crippen MR) is 75.7 cm³/mol. The summed E-state index contributed by atoms with van der Waals surface area (Å²) < 4.78 is 5.25. The lowest BCUT2D eigenvalue weighted by Gasteiger charge is -2.32. The highest BCUT2D eigenvalue weighted by atomic mass is 16.6. The number of benzene rings is 1. The van der Waals surface area contributed by atoms with Gasteiger partial charge < -0.3 is 10.3 Å². The van der Waals surface area contributed by atoms with E-state index in [9.17, 15) is 9.59 Å². The molecule has 1 heterocycles. The Bertz CT molecular complexity index is 553. The smallest absolute Gasteiger partial charge is 0.410 e. The first kappa shape index (κ1) is 14.9. The molecule has 1 atom stereocenters. The predicted octanol–water partition coefficient (Wildman–Crippen LogP) is 2.05. The molecule has 1 aromatic rings. The van der Waals surface area contributed by atoms with Crippen LogP contribution in [0.4, 0.5) is 4.79 Å². The third-order valence-electron chi connectivity index (χ3n) is 3.46. The van der Waals surface area contributed by atoms with Crippen LogP contribution in [0.1, 0.15) is 24.8 Å². The summed E-state index contributed by atoms with van der Waals surface area (Å²) in [7, 11) is 0. The number of likely N-dealkylation sites (tertiary alicyclic amines) is 1. The molecule has 110 valence electrons. The van der Waals surface area contributed by atoms with Gasteiger partial charge in [0.1, 0.15) is 12.6 Å². The maximum atomic E-state index is 12.1. The Labute approximate surface area is 122 Å². The number of Topliss-reactive ketones (excluding diaryl/α,β-unsaturated/α-hetero) is 1. The summed E-state index contributed by atoms with van der Waals surface area (Å²) in [6.07, 6.45) is 2.58. The molecule has 0 aliphatic carbocycles. The largest absolute Gasteiger partial charge is 0.445 e. The summed E-state index contributed by atoms with van der Waals surface area (Å²) in [5.41, 5.74) is 9.35. The second-order valence-electron chi connectivity index (χ2n) is 4.89. The molecule has 0 aromatic heterocycles. The van der Waals surface area contributed by atoms with Crippen molar-refractivity contribution in [1.29, 1.82) is 0 Å². The van der Waals surface area contributed by atoms with Gasteiger partial charge in [-0.15, -0.1) is 0 Å². The molecule has 6 heteroatoms. The van der Waals surface area contributed by atoms with Gasteiger partial charge in [0.2, 0.25) is 0 Å². The Morgan fingerprint density at radius 3 is 2.81 bits per heavy atom. The van der Waals surface area contributed by atoms with Crippen molar-refractivity contribution in [3.63, 3.8) is 0 Å². The highest BCUT2D eigenvalue weighted by molar-refractivity contribution is 6.28. The first-order chi connectivity index (χ1) is 10.2. The van der Waals surface area contributed by atoms with Gasteiger partial charge in [0.15, 0.2) is 0 Å². The van der Waals surface area contributed by atoms with E-state index in [4.69, 9.17) is 10.3 Å². The lowest BCUT2D eigenvalue weighted by Crippen LogP contribution is -2.48. The minimum Gasteiger partial charge on any atom is -0.445 e. The second kappa shape index (κ2) is 7.36. The first-order valence-corrected chi connectivity index (χ1v) is 6.91. The standard InChI is InChI=1S/C15H17N3O3/c16-17-10-14(19)13-8-4-5-9-18(13)15(20)21-11-12-6-2-1-3-7-12/h1-3,6-7,10,13H,4-5,8-9,11H2. The monoisotopic (exact) mass is 287 g/mol.